The van der Waals surface area contributed by atoms with E-state index in [-0.39, 0.29) is 17.9 Å². The van der Waals surface area contributed by atoms with Gasteiger partial charge in [0.25, 0.3) is 0 Å². The molecule has 0 amide bonds. The van der Waals surface area contributed by atoms with Crippen molar-refractivity contribution in [3.05, 3.63) is 65.7 Å². The lowest BCUT2D eigenvalue weighted by Gasteiger charge is -2.19. The number of hydrogen-bond donors (Lipinski definition) is 2. The lowest BCUT2D eigenvalue weighted by Crippen LogP contribution is -2.12. The number of halogens is 3. The molecule has 0 spiro atoms. The third kappa shape index (κ3) is 4.36. The second-order valence-electron chi connectivity index (χ2n) is 7.94. The molecule has 0 saturated heterocycles. The molecular formula is C24H21F3N6O. The van der Waals surface area contributed by atoms with Crippen LogP contribution in [0, 0.1) is 0 Å². The summed E-state index contributed by atoms with van der Waals surface area (Å²) in [5.41, 5.74) is 3.13. The topological polar surface area (TPSA) is 84.9 Å². The second-order valence-corrected chi connectivity index (χ2v) is 7.94. The van der Waals surface area contributed by atoms with Crippen molar-refractivity contribution in [3.8, 4) is 11.3 Å². The molecule has 0 unspecified atom stereocenters. The standard InChI is InChI=1S/C24H21F3N6O/c1-34-13-20-32-19-10-15(21-17(24(25,26)27)5-3-9-29-21)12-30-22(19)23(33-20)31-16-7-6-14-4-2-8-28-18(14)11-16/h3,5-7,9-12,28H,2,4,8,13H2,1H3,(H,31,32,33). The molecule has 1 aliphatic heterocycles. The molecule has 1 aromatic carbocycles. The molecule has 34 heavy (non-hydrogen) atoms. The summed E-state index contributed by atoms with van der Waals surface area (Å²) in [7, 11) is 1.52. The van der Waals surface area contributed by atoms with Crippen LogP contribution in [0.15, 0.2) is 48.8 Å². The molecule has 4 aromatic rings. The van der Waals surface area contributed by atoms with E-state index in [0.717, 1.165) is 36.8 Å². The second kappa shape index (κ2) is 8.86. The fourth-order valence-corrected chi connectivity index (χ4v) is 4.02. The number of fused-ring (bicyclic) bond motifs is 2. The van der Waals surface area contributed by atoms with Gasteiger partial charge in [-0.2, -0.15) is 13.2 Å². The van der Waals surface area contributed by atoms with Crippen molar-refractivity contribution >= 4 is 28.2 Å². The van der Waals surface area contributed by atoms with Crippen LogP contribution in [0.25, 0.3) is 22.3 Å². The Kier molecular flexibility index (Phi) is 5.74. The third-order valence-corrected chi connectivity index (χ3v) is 5.55. The summed E-state index contributed by atoms with van der Waals surface area (Å²) in [4.78, 5) is 17.4. The maximum atomic E-state index is 13.5. The number of benzene rings is 1. The van der Waals surface area contributed by atoms with E-state index >= 15 is 0 Å². The summed E-state index contributed by atoms with van der Waals surface area (Å²) in [6.45, 7) is 1.06. The minimum Gasteiger partial charge on any atom is -0.385 e. The molecule has 2 N–H and O–H groups in total. The van der Waals surface area contributed by atoms with Crippen molar-refractivity contribution in [3.63, 3.8) is 0 Å². The number of nitrogens with zero attached hydrogens (tertiary/aromatic N) is 4. The predicted molar refractivity (Wildman–Crippen MR) is 123 cm³/mol. The fourth-order valence-electron chi connectivity index (χ4n) is 4.02. The van der Waals surface area contributed by atoms with Gasteiger partial charge < -0.3 is 15.4 Å². The minimum atomic E-state index is -4.54. The van der Waals surface area contributed by atoms with Crippen LogP contribution in [0.1, 0.15) is 23.4 Å². The van der Waals surface area contributed by atoms with Crippen LogP contribution in [0.4, 0.5) is 30.4 Å². The van der Waals surface area contributed by atoms with Crippen molar-refractivity contribution in [2.45, 2.75) is 25.6 Å². The average molecular weight is 466 g/mol. The Morgan fingerprint density at radius 2 is 2.00 bits per heavy atom. The Bertz CT molecular complexity index is 1360. The van der Waals surface area contributed by atoms with E-state index in [1.165, 1.54) is 31.1 Å². The van der Waals surface area contributed by atoms with E-state index in [1.807, 2.05) is 12.1 Å². The van der Waals surface area contributed by atoms with Crippen LogP contribution >= 0.6 is 0 Å². The normalized spacial score (nSPS) is 13.4. The Hall–Kier alpha value is -3.79. The van der Waals surface area contributed by atoms with Gasteiger partial charge in [-0.15, -0.1) is 0 Å². The van der Waals surface area contributed by atoms with Gasteiger partial charge in [-0.3, -0.25) is 4.98 Å². The average Bonchev–Trinajstić information content (AvgIpc) is 2.83. The molecule has 3 aromatic heterocycles. The lowest BCUT2D eigenvalue weighted by molar-refractivity contribution is -0.137. The van der Waals surface area contributed by atoms with Crippen LogP contribution < -0.4 is 10.6 Å². The van der Waals surface area contributed by atoms with Crippen molar-refractivity contribution < 1.29 is 17.9 Å². The van der Waals surface area contributed by atoms with Gasteiger partial charge in [0, 0.05) is 43.0 Å². The van der Waals surface area contributed by atoms with Gasteiger partial charge in [0.1, 0.15) is 12.1 Å². The maximum absolute atomic E-state index is 13.5. The van der Waals surface area contributed by atoms with Crippen LogP contribution in [0.2, 0.25) is 0 Å². The number of pyridine rings is 2. The van der Waals surface area contributed by atoms with Gasteiger partial charge in [-0.1, -0.05) is 6.07 Å². The molecule has 0 atom stereocenters. The first kappa shape index (κ1) is 22.0. The zero-order valence-corrected chi connectivity index (χ0v) is 18.3. The van der Waals surface area contributed by atoms with E-state index in [0.29, 0.717) is 22.7 Å². The first-order valence-electron chi connectivity index (χ1n) is 10.7. The van der Waals surface area contributed by atoms with Crippen molar-refractivity contribution in [2.75, 3.05) is 24.3 Å². The molecule has 174 valence electrons. The fraction of sp³-hybridized carbons (Fsp3) is 0.250. The SMILES string of the molecule is COCc1nc(Nc2ccc3c(c2)NCCC3)c2ncc(-c3ncccc3C(F)(F)F)cc2n1. The number of nitrogens with one attached hydrogen (secondary N) is 2. The van der Waals surface area contributed by atoms with Gasteiger partial charge >= 0.3 is 6.18 Å². The summed E-state index contributed by atoms with van der Waals surface area (Å²) in [5.74, 6) is 0.820. The first-order valence-corrected chi connectivity index (χ1v) is 10.7. The Morgan fingerprint density at radius 1 is 1.12 bits per heavy atom. The number of hydrogen-bond acceptors (Lipinski definition) is 7. The van der Waals surface area contributed by atoms with Gasteiger partial charge in [-0.05, 0) is 48.7 Å². The smallest absolute Gasteiger partial charge is 0.385 e. The highest BCUT2D eigenvalue weighted by Crippen LogP contribution is 2.36. The molecule has 10 heteroatoms. The largest absolute Gasteiger partial charge is 0.418 e. The van der Waals surface area contributed by atoms with Crippen LogP contribution in [0.3, 0.4) is 0 Å². The number of ether oxygens (including phenoxy) is 1. The first-order chi connectivity index (χ1) is 16.4. The molecule has 0 bridgehead atoms. The molecule has 7 nitrogen and oxygen atoms in total. The molecule has 0 radical (unpaired) electrons. The molecule has 5 rings (SSSR count). The Labute approximate surface area is 193 Å². The molecular weight excluding hydrogens is 445 g/mol. The van der Waals surface area contributed by atoms with E-state index < -0.39 is 11.7 Å². The van der Waals surface area contributed by atoms with E-state index in [1.54, 1.807) is 6.07 Å². The van der Waals surface area contributed by atoms with Gasteiger partial charge in [-0.25, -0.2) is 15.0 Å². The molecule has 0 aliphatic carbocycles. The van der Waals surface area contributed by atoms with Gasteiger partial charge in [0.15, 0.2) is 11.6 Å². The Morgan fingerprint density at radius 3 is 2.82 bits per heavy atom. The summed E-state index contributed by atoms with van der Waals surface area (Å²) < 4.78 is 45.8. The quantitative estimate of drug-likeness (QED) is 0.410. The van der Waals surface area contributed by atoms with Crippen LogP contribution in [0.5, 0.6) is 0 Å². The predicted octanol–water partition coefficient (Wildman–Crippen LogP) is 5.35. The monoisotopic (exact) mass is 466 g/mol. The number of rotatable bonds is 5. The number of methoxy groups -OCH3 is 1. The van der Waals surface area contributed by atoms with Crippen molar-refractivity contribution in [1.82, 2.24) is 19.9 Å². The summed E-state index contributed by atoms with van der Waals surface area (Å²) >= 11 is 0. The molecule has 4 heterocycles. The van der Waals surface area contributed by atoms with E-state index in [2.05, 4.69) is 36.6 Å². The zero-order chi connectivity index (χ0) is 23.7. The van der Waals surface area contributed by atoms with Crippen LogP contribution in [-0.4, -0.2) is 33.6 Å². The van der Waals surface area contributed by atoms with Gasteiger partial charge in [0.05, 0.1) is 16.8 Å². The molecule has 0 fully saturated rings. The van der Waals surface area contributed by atoms with Crippen LogP contribution in [-0.2, 0) is 23.9 Å². The van der Waals surface area contributed by atoms with E-state index in [9.17, 15) is 13.2 Å². The number of alkyl halides is 3. The number of anilines is 3. The summed E-state index contributed by atoms with van der Waals surface area (Å²) in [6, 6.07) is 9.84. The number of aromatic nitrogens is 4. The Balaban J connectivity index is 1.59. The van der Waals surface area contributed by atoms with Crippen molar-refractivity contribution in [2.24, 2.45) is 0 Å². The zero-order valence-electron chi connectivity index (χ0n) is 18.3. The van der Waals surface area contributed by atoms with Crippen molar-refractivity contribution in [1.29, 1.82) is 0 Å². The van der Waals surface area contributed by atoms with Gasteiger partial charge in [0.2, 0.25) is 0 Å². The highest BCUT2D eigenvalue weighted by Gasteiger charge is 2.34. The summed E-state index contributed by atoms with van der Waals surface area (Å²) in [5, 5.41) is 6.68. The number of aryl methyl sites for hydroxylation is 1. The highest BCUT2D eigenvalue weighted by atomic mass is 19.4. The molecule has 1 aliphatic rings. The minimum absolute atomic E-state index is 0.137. The highest BCUT2D eigenvalue weighted by molar-refractivity contribution is 5.90. The van der Waals surface area contributed by atoms with E-state index in [4.69, 9.17) is 4.74 Å². The maximum Gasteiger partial charge on any atom is 0.418 e. The lowest BCUT2D eigenvalue weighted by atomic mass is 10.0. The third-order valence-electron chi connectivity index (χ3n) is 5.55. The molecule has 0 saturated carbocycles. The summed E-state index contributed by atoms with van der Waals surface area (Å²) in [6.07, 6.45) is 0.254.